The summed E-state index contributed by atoms with van der Waals surface area (Å²) in [6.45, 7) is 0. The number of benzene rings is 8. The molecule has 53 heavy (non-hydrogen) atoms. The van der Waals surface area contributed by atoms with E-state index in [1.54, 1.807) is 0 Å². The summed E-state index contributed by atoms with van der Waals surface area (Å²) in [5.74, 6) is 0.683. The lowest BCUT2D eigenvalue weighted by Crippen LogP contribution is -1.97. The number of hydrogen-bond acceptors (Lipinski definition) is 3. The van der Waals surface area contributed by atoms with Gasteiger partial charge < -0.3 is 4.42 Å². The molecule has 10 rings (SSSR count). The van der Waals surface area contributed by atoms with E-state index in [-0.39, 0.29) is 0 Å². The number of fused-ring (bicyclic) bond motifs is 4. The molecule has 8 aromatic carbocycles. The van der Waals surface area contributed by atoms with Crippen molar-refractivity contribution < 1.29 is 4.42 Å². The third-order valence-corrected chi connectivity index (χ3v) is 10.0. The van der Waals surface area contributed by atoms with E-state index in [2.05, 4.69) is 176 Å². The van der Waals surface area contributed by atoms with Crippen LogP contribution >= 0.6 is 0 Å². The number of hydrogen-bond donors (Lipinski definition) is 0. The molecule has 0 radical (unpaired) electrons. The summed E-state index contributed by atoms with van der Waals surface area (Å²) >= 11 is 0. The third kappa shape index (κ3) is 5.75. The van der Waals surface area contributed by atoms with Gasteiger partial charge in [0.2, 0.25) is 0 Å². The fourth-order valence-corrected chi connectivity index (χ4v) is 7.43. The third-order valence-electron chi connectivity index (χ3n) is 10.0. The monoisotopic (exact) mass is 676 g/mol. The van der Waals surface area contributed by atoms with Crippen LogP contribution in [0, 0.1) is 0 Å². The predicted octanol–water partition coefficient (Wildman–Crippen LogP) is 13.5. The largest absolute Gasteiger partial charge is 0.456 e. The first-order valence-electron chi connectivity index (χ1n) is 17.9. The first-order valence-corrected chi connectivity index (χ1v) is 17.9. The quantitative estimate of drug-likeness (QED) is 0.176. The van der Waals surface area contributed by atoms with Crippen molar-refractivity contribution in [2.75, 3.05) is 0 Å². The molecule has 0 atom stereocenters. The van der Waals surface area contributed by atoms with Crippen LogP contribution in [0.3, 0.4) is 0 Å². The Hall–Kier alpha value is -7.10. The maximum atomic E-state index is 6.33. The van der Waals surface area contributed by atoms with Gasteiger partial charge >= 0.3 is 0 Å². The summed E-state index contributed by atoms with van der Waals surface area (Å²) in [4.78, 5) is 10.6. The van der Waals surface area contributed by atoms with Gasteiger partial charge in [-0.1, -0.05) is 146 Å². The highest BCUT2D eigenvalue weighted by atomic mass is 16.3. The Kier molecular flexibility index (Phi) is 7.47. The van der Waals surface area contributed by atoms with Gasteiger partial charge in [-0.3, -0.25) is 0 Å². The Morgan fingerprint density at radius 1 is 0.321 bits per heavy atom. The first-order chi connectivity index (χ1) is 26.2. The van der Waals surface area contributed by atoms with Crippen molar-refractivity contribution in [3.8, 4) is 67.3 Å². The molecule has 0 fully saturated rings. The topological polar surface area (TPSA) is 38.9 Å². The molecular formula is C50H32N2O. The lowest BCUT2D eigenvalue weighted by Gasteiger charge is -2.14. The summed E-state index contributed by atoms with van der Waals surface area (Å²) in [5.41, 5.74) is 13.3. The average molecular weight is 677 g/mol. The normalized spacial score (nSPS) is 11.4. The Morgan fingerprint density at radius 2 is 0.906 bits per heavy atom. The number of rotatable bonds is 6. The van der Waals surface area contributed by atoms with E-state index in [1.807, 2.05) is 18.2 Å². The van der Waals surface area contributed by atoms with E-state index in [0.29, 0.717) is 5.82 Å². The fourth-order valence-electron chi connectivity index (χ4n) is 7.43. The van der Waals surface area contributed by atoms with Crippen LogP contribution in [0.4, 0.5) is 0 Å². The van der Waals surface area contributed by atoms with Crippen molar-refractivity contribution >= 4 is 32.7 Å². The van der Waals surface area contributed by atoms with Gasteiger partial charge in [-0.15, -0.1) is 0 Å². The van der Waals surface area contributed by atoms with Gasteiger partial charge in [-0.05, 0) is 92.7 Å². The Balaban J connectivity index is 1.21. The average Bonchev–Trinajstić information content (AvgIpc) is 3.63. The standard InChI is InChI=1S/C50H32N2O/c1-3-13-33(14-4-1)37-19-11-20-38(27-37)45-32-46(52-50(51-45)39-26-25-35-17-7-8-18-36(35)28-39)42-30-40(34-15-5-2-6-16-34)29-41(31-42)43-22-12-24-48-49(43)44-21-9-10-23-47(44)53-48/h1-32H. The molecule has 10 aromatic rings. The van der Waals surface area contributed by atoms with Crippen LogP contribution in [0.25, 0.3) is 100.0 Å². The zero-order valence-corrected chi connectivity index (χ0v) is 28.8. The zero-order valence-electron chi connectivity index (χ0n) is 28.8. The maximum Gasteiger partial charge on any atom is 0.160 e. The minimum Gasteiger partial charge on any atom is -0.456 e. The summed E-state index contributed by atoms with van der Waals surface area (Å²) in [7, 11) is 0. The highest BCUT2D eigenvalue weighted by molar-refractivity contribution is 6.12. The van der Waals surface area contributed by atoms with E-state index in [1.165, 1.54) is 10.9 Å². The van der Waals surface area contributed by atoms with E-state index in [9.17, 15) is 0 Å². The molecule has 0 spiro atoms. The second-order valence-corrected chi connectivity index (χ2v) is 13.4. The van der Waals surface area contributed by atoms with Gasteiger partial charge in [0.1, 0.15) is 11.2 Å². The van der Waals surface area contributed by atoms with Crippen molar-refractivity contribution in [2.24, 2.45) is 0 Å². The molecule has 0 aliphatic heterocycles. The minimum atomic E-state index is 0.683. The van der Waals surface area contributed by atoms with Gasteiger partial charge in [0.05, 0.1) is 11.4 Å². The predicted molar refractivity (Wildman–Crippen MR) is 219 cm³/mol. The van der Waals surface area contributed by atoms with Crippen molar-refractivity contribution in [2.45, 2.75) is 0 Å². The molecule has 0 amide bonds. The first kappa shape index (κ1) is 30.7. The van der Waals surface area contributed by atoms with Crippen LogP contribution in [0.1, 0.15) is 0 Å². The molecule has 0 bridgehead atoms. The fraction of sp³-hybridized carbons (Fsp3) is 0. The van der Waals surface area contributed by atoms with Crippen LogP contribution < -0.4 is 0 Å². The van der Waals surface area contributed by atoms with E-state index >= 15 is 0 Å². The van der Waals surface area contributed by atoms with E-state index < -0.39 is 0 Å². The van der Waals surface area contributed by atoms with Crippen LogP contribution in [-0.2, 0) is 0 Å². The lowest BCUT2D eigenvalue weighted by molar-refractivity contribution is 0.669. The van der Waals surface area contributed by atoms with Gasteiger partial charge in [-0.2, -0.15) is 0 Å². The van der Waals surface area contributed by atoms with Crippen LogP contribution in [0.5, 0.6) is 0 Å². The highest BCUT2D eigenvalue weighted by Crippen LogP contribution is 2.40. The van der Waals surface area contributed by atoms with E-state index in [0.717, 1.165) is 83.2 Å². The molecule has 0 aliphatic rings. The second-order valence-electron chi connectivity index (χ2n) is 13.4. The van der Waals surface area contributed by atoms with Gasteiger partial charge in [0.15, 0.2) is 5.82 Å². The molecule has 0 aliphatic carbocycles. The molecule has 248 valence electrons. The number of aromatic nitrogens is 2. The van der Waals surface area contributed by atoms with Gasteiger partial charge in [0, 0.05) is 27.5 Å². The SMILES string of the molecule is c1ccc(-c2cccc(-c3cc(-c4cc(-c5ccccc5)cc(-c5cccc6oc7ccccc7c56)c4)nc(-c4ccc5ccccc5c4)n3)c2)cc1. The molecule has 3 nitrogen and oxygen atoms in total. The zero-order chi connectivity index (χ0) is 35.1. The van der Waals surface area contributed by atoms with E-state index in [4.69, 9.17) is 14.4 Å². The summed E-state index contributed by atoms with van der Waals surface area (Å²) in [6, 6.07) is 68.1. The number of furan rings is 1. The Morgan fingerprint density at radius 3 is 1.74 bits per heavy atom. The Labute approximate surface area is 307 Å². The van der Waals surface area contributed by atoms with Crippen molar-refractivity contribution in [3.05, 3.63) is 194 Å². The van der Waals surface area contributed by atoms with Gasteiger partial charge in [-0.25, -0.2) is 9.97 Å². The summed E-state index contributed by atoms with van der Waals surface area (Å²) in [5, 5.41) is 4.55. The van der Waals surface area contributed by atoms with Crippen molar-refractivity contribution in [1.29, 1.82) is 0 Å². The minimum absolute atomic E-state index is 0.683. The number of para-hydroxylation sites is 1. The smallest absolute Gasteiger partial charge is 0.160 e. The van der Waals surface area contributed by atoms with Crippen molar-refractivity contribution in [1.82, 2.24) is 9.97 Å². The maximum absolute atomic E-state index is 6.33. The molecular weight excluding hydrogens is 645 g/mol. The molecule has 0 saturated carbocycles. The molecule has 3 heteroatoms. The van der Waals surface area contributed by atoms with Crippen LogP contribution in [-0.4, -0.2) is 9.97 Å². The molecule has 0 N–H and O–H groups in total. The number of nitrogens with zero attached hydrogens (tertiary/aromatic N) is 2. The highest BCUT2D eigenvalue weighted by Gasteiger charge is 2.17. The van der Waals surface area contributed by atoms with Crippen LogP contribution in [0.15, 0.2) is 199 Å². The summed E-state index contributed by atoms with van der Waals surface area (Å²) in [6.07, 6.45) is 0. The second kappa shape index (κ2) is 12.9. The Bertz CT molecular complexity index is 2950. The molecule has 0 unspecified atom stereocenters. The molecule has 2 aromatic heterocycles. The van der Waals surface area contributed by atoms with Crippen molar-refractivity contribution in [3.63, 3.8) is 0 Å². The van der Waals surface area contributed by atoms with Crippen LogP contribution in [0.2, 0.25) is 0 Å². The lowest BCUT2D eigenvalue weighted by atomic mass is 9.92. The molecule has 0 saturated heterocycles. The molecule has 2 heterocycles. The van der Waals surface area contributed by atoms with Gasteiger partial charge in [0.25, 0.3) is 0 Å². The summed E-state index contributed by atoms with van der Waals surface area (Å²) < 4.78 is 6.33.